The Bertz CT molecular complexity index is 1220. The zero-order valence-electron chi connectivity index (χ0n) is 19.5. The summed E-state index contributed by atoms with van der Waals surface area (Å²) < 4.78 is 5.65. The average molecular weight is 451 g/mol. The summed E-state index contributed by atoms with van der Waals surface area (Å²) in [7, 11) is 0. The first-order chi connectivity index (χ1) is 16.7. The molecule has 3 heteroatoms. The van der Waals surface area contributed by atoms with Crippen LogP contribution in [0.5, 0.6) is 5.75 Å². The molecule has 2 N–H and O–H groups in total. The lowest BCUT2D eigenvalue weighted by Crippen LogP contribution is -2.28. The molecule has 1 aliphatic rings. The van der Waals surface area contributed by atoms with Gasteiger partial charge in [-0.2, -0.15) is 0 Å². The first kappa shape index (κ1) is 22.4. The lowest BCUT2D eigenvalue weighted by molar-refractivity contribution is 0.201. The van der Waals surface area contributed by atoms with Gasteiger partial charge in [0.05, 0.1) is 12.0 Å². The van der Waals surface area contributed by atoms with Gasteiger partial charge in [-0.15, -0.1) is 0 Å². The van der Waals surface area contributed by atoms with Gasteiger partial charge in [-0.05, 0) is 70.8 Å². The van der Waals surface area contributed by atoms with Gasteiger partial charge in [-0.25, -0.2) is 0 Å². The normalized spacial score (nSPS) is 16.2. The van der Waals surface area contributed by atoms with Crippen molar-refractivity contribution in [3.05, 3.63) is 124 Å². The van der Waals surface area contributed by atoms with Crippen molar-refractivity contribution in [1.82, 2.24) is 0 Å². The Morgan fingerprint density at radius 3 is 2.09 bits per heavy atom. The molecule has 1 aliphatic carbocycles. The molecule has 0 radical (unpaired) electrons. The first-order valence-corrected chi connectivity index (χ1v) is 11.9. The zero-order chi connectivity index (χ0) is 23.5. The van der Waals surface area contributed by atoms with E-state index in [4.69, 9.17) is 9.84 Å². The SMILES string of the molecule is Cc1ccc2c(c1)-c1ccccc1C2(c1ccc(CCCO)cc1)c1ccc(OCCO)cc1. The highest BCUT2D eigenvalue weighted by atomic mass is 16.5. The van der Waals surface area contributed by atoms with Crippen molar-refractivity contribution in [2.75, 3.05) is 19.8 Å². The van der Waals surface area contributed by atoms with E-state index in [1.165, 1.54) is 44.5 Å². The Morgan fingerprint density at radius 1 is 0.706 bits per heavy atom. The Kier molecular flexibility index (Phi) is 6.23. The highest BCUT2D eigenvalue weighted by Gasteiger charge is 2.45. The molecule has 0 fully saturated rings. The van der Waals surface area contributed by atoms with Crippen LogP contribution in [-0.2, 0) is 11.8 Å². The number of hydrogen-bond acceptors (Lipinski definition) is 3. The van der Waals surface area contributed by atoms with Crippen LogP contribution in [0.2, 0.25) is 0 Å². The number of aryl methyl sites for hydroxylation is 2. The van der Waals surface area contributed by atoms with E-state index in [0.717, 1.165) is 18.6 Å². The lowest BCUT2D eigenvalue weighted by Gasteiger charge is -2.34. The number of benzene rings is 4. The molecule has 0 spiro atoms. The van der Waals surface area contributed by atoms with Crippen LogP contribution >= 0.6 is 0 Å². The molecule has 0 aromatic heterocycles. The monoisotopic (exact) mass is 450 g/mol. The summed E-state index contributed by atoms with van der Waals surface area (Å²) in [5.74, 6) is 0.753. The highest BCUT2D eigenvalue weighted by molar-refractivity contribution is 5.86. The standard InChI is InChI=1S/C31H30O3/c1-22-8-17-30-28(21-22)27-6-2-3-7-29(27)31(30,24-11-9-23(10-12-24)5-4-18-32)25-13-15-26(16-14-25)34-20-19-33/h2-3,6-17,21,32-33H,4-5,18-20H2,1H3. The topological polar surface area (TPSA) is 49.7 Å². The summed E-state index contributed by atoms with van der Waals surface area (Å²) in [5, 5.41) is 18.4. The van der Waals surface area contributed by atoms with Crippen LogP contribution in [-0.4, -0.2) is 30.0 Å². The molecular formula is C31H30O3. The fourth-order valence-electron chi connectivity index (χ4n) is 5.36. The molecule has 0 saturated heterocycles. The Morgan fingerprint density at radius 2 is 1.38 bits per heavy atom. The van der Waals surface area contributed by atoms with E-state index >= 15 is 0 Å². The van der Waals surface area contributed by atoms with Crippen LogP contribution in [0.4, 0.5) is 0 Å². The quantitative estimate of drug-likeness (QED) is 0.321. The summed E-state index contributed by atoms with van der Waals surface area (Å²) in [4.78, 5) is 0. The maximum Gasteiger partial charge on any atom is 0.119 e. The van der Waals surface area contributed by atoms with Crippen LogP contribution in [0.15, 0.2) is 91.0 Å². The fraction of sp³-hybridized carbons (Fsp3) is 0.226. The number of aliphatic hydroxyl groups excluding tert-OH is 2. The fourth-order valence-corrected chi connectivity index (χ4v) is 5.36. The molecule has 0 amide bonds. The van der Waals surface area contributed by atoms with E-state index < -0.39 is 5.41 Å². The van der Waals surface area contributed by atoms with Crippen LogP contribution in [0.3, 0.4) is 0 Å². The first-order valence-electron chi connectivity index (χ1n) is 11.9. The van der Waals surface area contributed by atoms with Crippen molar-refractivity contribution in [2.24, 2.45) is 0 Å². The van der Waals surface area contributed by atoms with Gasteiger partial charge in [-0.3, -0.25) is 0 Å². The predicted octanol–water partition coefficient (Wildman–Crippen LogP) is 5.65. The maximum atomic E-state index is 9.24. The molecule has 0 saturated carbocycles. The minimum atomic E-state index is -0.440. The summed E-state index contributed by atoms with van der Waals surface area (Å²) in [6.07, 6.45) is 1.64. The van der Waals surface area contributed by atoms with E-state index in [2.05, 4.69) is 85.8 Å². The van der Waals surface area contributed by atoms with Crippen molar-refractivity contribution in [3.63, 3.8) is 0 Å². The van der Waals surface area contributed by atoms with E-state index in [0.29, 0.717) is 0 Å². The molecule has 4 aromatic rings. The average Bonchev–Trinajstić information content (AvgIpc) is 3.17. The number of rotatable bonds is 8. The number of hydrogen-bond donors (Lipinski definition) is 2. The molecule has 172 valence electrons. The third kappa shape index (κ3) is 3.71. The largest absolute Gasteiger partial charge is 0.491 e. The van der Waals surface area contributed by atoms with Gasteiger partial charge in [0.2, 0.25) is 0 Å². The zero-order valence-corrected chi connectivity index (χ0v) is 19.5. The molecule has 34 heavy (non-hydrogen) atoms. The number of fused-ring (bicyclic) bond motifs is 3. The van der Waals surface area contributed by atoms with Gasteiger partial charge in [0.25, 0.3) is 0 Å². The molecule has 0 aliphatic heterocycles. The van der Waals surface area contributed by atoms with Crippen LogP contribution < -0.4 is 4.74 Å². The van der Waals surface area contributed by atoms with Gasteiger partial charge in [-0.1, -0.05) is 84.4 Å². The lowest BCUT2D eigenvalue weighted by atomic mass is 9.67. The van der Waals surface area contributed by atoms with Crippen LogP contribution in [0.1, 0.15) is 39.8 Å². The number of aliphatic hydroxyl groups is 2. The highest BCUT2D eigenvalue weighted by Crippen LogP contribution is 2.56. The van der Waals surface area contributed by atoms with Crippen molar-refractivity contribution in [1.29, 1.82) is 0 Å². The molecule has 5 rings (SSSR count). The Balaban J connectivity index is 1.74. The number of ether oxygens (including phenoxy) is 1. The predicted molar refractivity (Wildman–Crippen MR) is 136 cm³/mol. The van der Waals surface area contributed by atoms with Gasteiger partial charge < -0.3 is 14.9 Å². The minimum absolute atomic E-state index is 0.00554. The molecular weight excluding hydrogens is 420 g/mol. The summed E-state index contributed by atoms with van der Waals surface area (Å²) in [6.45, 7) is 2.63. The second kappa shape index (κ2) is 9.46. The van der Waals surface area contributed by atoms with Crippen LogP contribution in [0, 0.1) is 6.92 Å². The van der Waals surface area contributed by atoms with E-state index in [1.54, 1.807) is 0 Å². The van der Waals surface area contributed by atoms with Crippen molar-refractivity contribution < 1.29 is 14.9 Å². The van der Waals surface area contributed by atoms with E-state index in [9.17, 15) is 5.11 Å². The molecule has 4 aromatic carbocycles. The Labute approximate surface area is 201 Å². The minimum Gasteiger partial charge on any atom is -0.491 e. The van der Waals surface area contributed by atoms with Gasteiger partial charge in [0, 0.05) is 6.61 Å². The maximum absolute atomic E-state index is 9.24. The smallest absolute Gasteiger partial charge is 0.119 e. The van der Waals surface area contributed by atoms with Crippen molar-refractivity contribution >= 4 is 0 Å². The van der Waals surface area contributed by atoms with Crippen molar-refractivity contribution in [2.45, 2.75) is 25.2 Å². The molecule has 1 unspecified atom stereocenters. The van der Waals surface area contributed by atoms with Gasteiger partial charge in [0.15, 0.2) is 0 Å². The van der Waals surface area contributed by atoms with E-state index in [-0.39, 0.29) is 19.8 Å². The third-order valence-corrected chi connectivity index (χ3v) is 6.86. The summed E-state index contributed by atoms with van der Waals surface area (Å²) in [5.41, 5.74) is 9.56. The summed E-state index contributed by atoms with van der Waals surface area (Å²) >= 11 is 0. The molecule has 3 nitrogen and oxygen atoms in total. The van der Waals surface area contributed by atoms with Crippen LogP contribution in [0.25, 0.3) is 11.1 Å². The summed E-state index contributed by atoms with van der Waals surface area (Å²) in [6, 6.07) is 32.7. The molecule has 0 bridgehead atoms. The third-order valence-electron chi connectivity index (χ3n) is 6.86. The second-order valence-corrected chi connectivity index (χ2v) is 8.97. The molecule has 1 atom stereocenters. The van der Waals surface area contributed by atoms with E-state index in [1.807, 2.05) is 12.1 Å². The Hall–Kier alpha value is -3.40. The van der Waals surface area contributed by atoms with Gasteiger partial charge in [0.1, 0.15) is 12.4 Å². The molecule has 0 heterocycles. The van der Waals surface area contributed by atoms with Gasteiger partial charge >= 0.3 is 0 Å². The van der Waals surface area contributed by atoms with Crippen molar-refractivity contribution in [3.8, 4) is 16.9 Å². The second-order valence-electron chi connectivity index (χ2n) is 8.97.